The van der Waals surface area contributed by atoms with E-state index in [1.54, 1.807) is 18.2 Å². The summed E-state index contributed by atoms with van der Waals surface area (Å²) in [5.41, 5.74) is 1.29. The van der Waals surface area contributed by atoms with Gasteiger partial charge in [-0.2, -0.15) is 5.21 Å². The van der Waals surface area contributed by atoms with Crippen molar-refractivity contribution in [2.75, 3.05) is 6.61 Å². The molecule has 0 bridgehead atoms. The van der Waals surface area contributed by atoms with Crippen molar-refractivity contribution in [2.45, 2.75) is 25.3 Å². The van der Waals surface area contributed by atoms with Crippen LogP contribution < -0.4 is 5.32 Å². The van der Waals surface area contributed by atoms with Crippen LogP contribution in [-0.2, 0) is 0 Å². The molecule has 2 unspecified atom stereocenters. The molecule has 1 fully saturated rings. The zero-order valence-electron chi connectivity index (χ0n) is 11.5. The van der Waals surface area contributed by atoms with Crippen molar-refractivity contribution in [1.82, 2.24) is 25.9 Å². The van der Waals surface area contributed by atoms with Crippen molar-refractivity contribution >= 4 is 5.91 Å². The number of rotatable bonds is 4. The van der Waals surface area contributed by atoms with Gasteiger partial charge in [-0.15, -0.1) is 10.2 Å². The number of aliphatic hydroxyl groups excluding tert-OH is 1. The van der Waals surface area contributed by atoms with Gasteiger partial charge in [0.2, 0.25) is 5.82 Å². The molecule has 3 rings (SSSR count). The maximum absolute atomic E-state index is 12.3. The average Bonchev–Trinajstić information content (AvgIpc) is 3.18. The lowest BCUT2D eigenvalue weighted by molar-refractivity contribution is 0.0916. The summed E-state index contributed by atoms with van der Waals surface area (Å²) in [4.78, 5) is 12.3. The highest BCUT2D eigenvalue weighted by molar-refractivity contribution is 5.95. The minimum Gasteiger partial charge on any atom is -0.396 e. The molecule has 7 heteroatoms. The lowest BCUT2D eigenvalue weighted by Crippen LogP contribution is -2.38. The second-order valence-electron chi connectivity index (χ2n) is 5.27. The van der Waals surface area contributed by atoms with Gasteiger partial charge in [-0.25, -0.2) is 0 Å². The smallest absolute Gasteiger partial charge is 0.251 e. The molecule has 1 aliphatic rings. The molecule has 7 nitrogen and oxygen atoms in total. The number of H-pyrrole nitrogens is 1. The summed E-state index contributed by atoms with van der Waals surface area (Å²) in [5, 5.41) is 26.0. The van der Waals surface area contributed by atoms with Crippen LogP contribution in [0.2, 0.25) is 0 Å². The number of tetrazole rings is 1. The number of hydrogen-bond acceptors (Lipinski definition) is 5. The van der Waals surface area contributed by atoms with E-state index < -0.39 is 0 Å². The number of nitrogens with zero attached hydrogens (tertiary/aromatic N) is 3. The summed E-state index contributed by atoms with van der Waals surface area (Å²) in [6.07, 6.45) is 2.92. The van der Waals surface area contributed by atoms with Gasteiger partial charge in [0, 0.05) is 29.7 Å². The molecular weight excluding hydrogens is 270 g/mol. The number of carbonyl (C=O) groups excluding carboxylic acids is 1. The lowest BCUT2D eigenvalue weighted by atomic mass is 10.0. The third-order valence-corrected chi connectivity index (χ3v) is 3.94. The Morgan fingerprint density at radius 3 is 3.10 bits per heavy atom. The molecule has 21 heavy (non-hydrogen) atoms. The third-order valence-electron chi connectivity index (χ3n) is 3.94. The number of aliphatic hydroxyl groups is 1. The van der Waals surface area contributed by atoms with Gasteiger partial charge in [0.05, 0.1) is 0 Å². The zero-order chi connectivity index (χ0) is 14.7. The molecule has 1 aromatic heterocycles. The second-order valence-corrected chi connectivity index (χ2v) is 5.27. The number of aromatic nitrogens is 4. The number of nitrogens with one attached hydrogen (secondary N) is 2. The van der Waals surface area contributed by atoms with Gasteiger partial charge in [-0.1, -0.05) is 18.6 Å². The molecule has 2 atom stereocenters. The number of aromatic amines is 1. The van der Waals surface area contributed by atoms with E-state index in [4.69, 9.17) is 0 Å². The molecule has 1 aromatic carbocycles. The summed E-state index contributed by atoms with van der Waals surface area (Å²) in [7, 11) is 0. The highest BCUT2D eigenvalue weighted by atomic mass is 16.3. The van der Waals surface area contributed by atoms with E-state index >= 15 is 0 Å². The van der Waals surface area contributed by atoms with Crippen molar-refractivity contribution in [3.8, 4) is 11.4 Å². The van der Waals surface area contributed by atoms with E-state index in [-0.39, 0.29) is 24.5 Å². The van der Waals surface area contributed by atoms with Crippen LogP contribution in [0.15, 0.2) is 24.3 Å². The maximum Gasteiger partial charge on any atom is 0.251 e. The Morgan fingerprint density at radius 2 is 2.33 bits per heavy atom. The second kappa shape index (κ2) is 6.01. The number of amides is 1. The van der Waals surface area contributed by atoms with Crippen LogP contribution in [0.3, 0.4) is 0 Å². The van der Waals surface area contributed by atoms with Crippen LogP contribution >= 0.6 is 0 Å². The van der Waals surface area contributed by atoms with Crippen LogP contribution in [0.5, 0.6) is 0 Å². The Bertz CT molecular complexity index is 614. The van der Waals surface area contributed by atoms with Crippen LogP contribution in [-0.4, -0.2) is 44.3 Å². The normalized spacial score (nSPS) is 21.4. The molecule has 3 N–H and O–H groups in total. The van der Waals surface area contributed by atoms with Crippen LogP contribution in [0.25, 0.3) is 11.4 Å². The lowest BCUT2D eigenvalue weighted by Gasteiger charge is -2.19. The number of benzene rings is 1. The van der Waals surface area contributed by atoms with Gasteiger partial charge in [0.25, 0.3) is 5.91 Å². The Kier molecular flexibility index (Phi) is 3.92. The molecule has 110 valence electrons. The standard InChI is InChI=1S/C14H17N5O2/c20-8-11-5-2-6-12(11)15-14(21)10-4-1-3-9(7-10)13-16-18-19-17-13/h1,3-4,7,11-12,20H,2,5-6,8H2,(H,15,21)(H,16,17,18,19). The summed E-state index contributed by atoms with van der Waals surface area (Å²) >= 11 is 0. The van der Waals surface area contributed by atoms with E-state index in [1.807, 2.05) is 6.07 Å². The molecule has 0 aliphatic heterocycles. The first-order chi connectivity index (χ1) is 10.3. The molecule has 0 saturated heterocycles. The third kappa shape index (κ3) is 2.92. The first-order valence-corrected chi connectivity index (χ1v) is 7.03. The Labute approximate surface area is 121 Å². The van der Waals surface area contributed by atoms with Gasteiger partial charge in [-0.3, -0.25) is 4.79 Å². The molecule has 1 aliphatic carbocycles. The van der Waals surface area contributed by atoms with Gasteiger partial charge < -0.3 is 10.4 Å². The van der Waals surface area contributed by atoms with Crippen molar-refractivity contribution in [3.05, 3.63) is 29.8 Å². The van der Waals surface area contributed by atoms with Crippen molar-refractivity contribution < 1.29 is 9.90 Å². The first-order valence-electron chi connectivity index (χ1n) is 7.03. The number of hydrogen-bond donors (Lipinski definition) is 3. The largest absolute Gasteiger partial charge is 0.396 e. The molecule has 2 aromatic rings. The molecule has 1 amide bonds. The van der Waals surface area contributed by atoms with Gasteiger partial charge in [0.15, 0.2) is 0 Å². The summed E-state index contributed by atoms with van der Waals surface area (Å²) in [6, 6.07) is 7.16. The van der Waals surface area contributed by atoms with Crippen molar-refractivity contribution in [3.63, 3.8) is 0 Å². The monoisotopic (exact) mass is 287 g/mol. The Balaban J connectivity index is 1.74. The maximum atomic E-state index is 12.3. The van der Waals surface area contributed by atoms with E-state index in [0.29, 0.717) is 11.4 Å². The van der Waals surface area contributed by atoms with E-state index in [9.17, 15) is 9.90 Å². The van der Waals surface area contributed by atoms with Crippen LogP contribution in [0.4, 0.5) is 0 Å². The molecule has 0 spiro atoms. The quantitative estimate of drug-likeness (QED) is 0.770. The van der Waals surface area contributed by atoms with Crippen molar-refractivity contribution in [2.24, 2.45) is 5.92 Å². The number of carbonyl (C=O) groups is 1. The first kappa shape index (κ1) is 13.7. The molecule has 1 saturated carbocycles. The summed E-state index contributed by atoms with van der Waals surface area (Å²) < 4.78 is 0. The van der Waals surface area contributed by atoms with Crippen molar-refractivity contribution in [1.29, 1.82) is 0 Å². The van der Waals surface area contributed by atoms with E-state index in [2.05, 4.69) is 25.9 Å². The predicted octanol–water partition coefficient (Wildman–Crippen LogP) is 0.757. The summed E-state index contributed by atoms with van der Waals surface area (Å²) in [6.45, 7) is 0.119. The highest BCUT2D eigenvalue weighted by Gasteiger charge is 2.28. The zero-order valence-corrected chi connectivity index (χ0v) is 11.5. The molecule has 1 heterocycles. The average molecular weight is 287 g/mol. The predicted molar refractivity (Wildman–Crippen MR) is 75.3 cm³/mol. The van der Waals surface area contributed by atoms with Crippen LogP contribution in [0, 0.1) is 5.92 Å². The van der Waals surface area contributed by atoms with Gasteiger partial charge in [-0.05, 0) is 30.2 Å². The van der Waals surface area contributed by atoms with E-state index in [1.165, 1.54) is 0 Å². The molecule has 0 radical (unpaired) electrons. The van der Waals surface area contributed by atoms with Gasteiger partial charge in [0.1, 0.15) is 0 Å². The Hall–Kier alpha value is -2.28. The van der Waals surface area contributed by atoms with Crippen LogP contribution in [0.1, 0.15) is 29.6 Å². The fourth-order valence-corrected chi connectivity index (χ4v) is 2.78. The summed E-state index contributed by atoms with van der Waals surface area (Å²) in [5.74, 6) is 0.485. The Morgan fingerprint density at radius 1 is 1.43 bits per heavy atom. The van der Waals surface area contributed by atoms with E-state index in [0.717, 1.165) is 24.8 Å². The topological polar surface area (TPSA) is 104 Å². The SMILES string of the molecule is O=C(NC1CCCC1CO)c1cccc(-c2nn[nH]n2)c1. The highest BCUT2D eigenvalue weighted by Crippen LogP contribution is 2.25. The fraction of sp³-hybridized carbons (Fsp3) is 0.429. The fourth-order valence-electron chi connectivity index (χ4n) is 2.78. The van der Waals surface area contributed by atoms with Gasteiger partial charge >= 0.3 is 0 Å². The minimum atomic E-state index is -0.134. The molecular formula is C14H17N5O2. The minimum absolute atomic E-state index is 0.0522.